The maximum absolute atomic E-state index is 5.60. The molecule has 2 rings (SSSR count). The monoisotopic (exact) mass is 207 g/mol. The van der Waals surface area contributed by atoms with Gasteiger partial charge in [0.15, 0.2) is 0 Å². The van der Waals surface area contributed by atoms with Crippen molar-refractivity contribution in [3.05, 3.63) is 29.8 Å². The molecule has 0 radical (unpaired) electrons. The zero-order valence-electron chi connectivity index (χ0n) is 9.19. The molecule has 0 spiro atoms. The average molecular weight is 207 g/mol. The highest BCUT2D eigenvalue weighted by Gasteiger charge is 2.21. The predicted octanol–water partition coefficient (Wildman–Crippen LogP) is 2.09. The normalized spacial score (nSPS) is 25.5. The second-order valence-corrected chi connectivity index (χ2v) is 3.78. The van der Waals surface area contributed by atoms with E-state index in [-0.39, 0.29) is 6.23 Å². The van der Waals surface area contributed by atoms with E-state index in [2.05, 4.69) is 12.2 Å². The first-order valence-corrected chi connectivity index (χ1v) is 5.40. The summed E-state index contributed by atoms with van der Waals surface area (Å²) in [6, 6.07) is 8.47. The van der Waals surface area contributed by atoms with Crippen LogP contribution in [0.25, 0.3) is 0 Å². The highest BCUT2D eigenvalue weighted by atomic mass is 16.5. The molecular weight excluding hydrogens is 190 g/mol. The molecule has 1 heterocycles. The number of hydrogen-bond donors (Lipinski definition) is 1. The Balaban J connectivity index is 2.03. The minimum atomic E-state index is 0.0377. The Morgan fingerprint density at radius 3 is 2.67 bits per heavy atom. The van der Waals surface area contributed by atoms with Crippen molar-refractivity contribution in [2.24, 2.45) is 0 Å². The molecule has 0 saturated carbocycles. The van der Waals surface area contributed by atoms with Crippen LogP contribution in [-0.4, -0.2) is 19.3 Å². The van der Waals surface area contributed by atoms with Gasteiger partial charge in [-0.15, -0.1) is 0 Å². The van der Waals surface area contributed by atoms with Crippen LogP contribution in [0.15, 0.2) is 24.3 Å². The average Bonchev–Trinajstić information content (AvgIpc) is 2.67. The summed E-state index contributed by atoms with van der Waals surface area (Å²) in [5, 5.41) is 3.36. The molecule has 2 unspecified atom stereocenters. The van der Waals surface area contributed by atoms with Crippen molar-refractivity contribution in [2.45, 2.75) is 26.1 Å². The van der Waals surface area contributed by atoms with Crippen LogP contribution >= 0.6 is 0 Å². The van der Waals surface area contributed by atoms with Gasteiger partial charge in [0.2, 0.25) is 0 Å². The predicted molar refractivity (Wildman–Crippen MR) is 58.9 cm³/mol. The fraction of sp³-hybridized carbons (Fsp3) is 0.500. The molecule has 1 N–H and O–H groups in total. The lowest BCUT2D eigenvalue weighted by Gasteiger charge is -2.11. The van der Waals surface area contributed by atoms with Crippen LogP contribution in [0.5, 0.6) is 5.75 Å². The fourth-order valence-corrected chi connectivity index (χ4v) is 1.69. The van der Waals surface area contributed by atoms with Crippen molar-refractivity contribution in [1.29, 1.82) is 0 Å². The molecule has 1 aromatic rings. The van der Waals surface area contributed by atoms with E-state index in [0.29, 0.717) is 12.6 Å². The summed E-state index contributed by atoms with van der Waals surface area (Å²) >= 11 is 0. The smallest absolute Gasteiger partial charge is 0.134 e. The van der Waals surface area contributed by atoms with E-state index in [1.807, 2.05) is 31.2 Å². The number of hydrogen-bond acceptors (Lipinski definition) is 3. The highest BCUT2D eigenvalue weighted by molar-refractivity contribution is 5.28. The largest absolute Gasteiger partial charge is 0.494 e. The maximum atomic E-state index is 5.60. The van der Waals surface area contributed by atoms with Gasteiger partial charge in [-0.25, -0.2) is 0 Å². The lowest BCUT2D eigenvalue weighted by Crippen LogP contribution is -2.22. The SMILES string of the molecule is CCOc1ccc(C2NC(C)CO2)cc1. The molecular formula is C12H17NO2. The van der Waals surface area contributed by atoms with Crippen LogP contribution in [-0.2, 0) is 4.74 Å². The van der Waals surface area contributed by atoms with Gasteiger partial charge in [-0.2, -0.15) is 0 Å². The van der Waals surface area contributed by atoms with Crippen molar-refractivity contribution < 1.29 is 9.47 Å². The second-order valence-electron chi connectivity index (χ2n) is 3.78. The highest BCUT2D eigenvalue weighted by Crippen LogP contribution is 2.22. The molecule has 0 aromatic heterocycles. The number of nitrogens with one attached hydrogen (secondary N) is 1. The first-order valence-electron chi connectivity index (χ1n) is 5.40. The van der Waals surface area contributed by atoms with E-state index in [0.717, 1.165) is 17.9 Å². The summed E-state index contributed by atoms with van der Waals surface area (Å²) in [5.41, 5.74) is 1.16. The van der Waals surface area contributed by atoms with Crippen LogP contribution in [0.2, 0.25) is 0 Å². The van der Waals surface area contributed by atoms with E-state index >= 15 is 0 Å². The van der Waals surface area contributed by atoms with Crippen LogP contribution in [0.3, 0.4) is 0 Å². The summed E-state index contributed by atoms with van der Waals surface area (Å²) in [6.07, 6.45) is 0.0377. The van der Waals surface area contributed by atoms with Crippen molar-refractivity contribution in [1.82, 2.24) is 5.32 Å². The van der Waals surface area contributed by atoms with Gasteiger partial charge in [-0.05, 0) is 31.5 Å². The Morgan fingerprint density at radius 2 is 2.13 bits per heavy atom. The zero-order valence-corrected chi connectivity index (χ0v) is 9.19. The Bertz CT molecular complexity index is 310. The van der Waals surface area contributed by atoms with Gasteiger partial charge in [0, 0.05) is 6.04 Å². The maximum Gasteiger partial charge on any atom is 0.134 e. The van der Waals surface area contributed by atoms with Crippen LogP contribution < -0.4 is 10.1 Å². The van der Waals surface area contributed by atoms with Crippen LogP contribution in [0, 0.1) is 0 Å². The summed E-state index contributed by atoms with van der Waals surface area (Å²) in [4.78, 5) is 0. The molecule has 82 valence electrons. The molecule has 0 amide bonds. The van der Waals surface area contributed by atoms with Crippen LogP contribution in [0.4, 0.5) is 0 Å². The first kappa shape index (κ1) is 10.5. The van der Waals surface area contributed by atoms with Crippen molar-refractivity contribution in [3.63, 3.8) is 0 Å². The van der Waals surface area contributed by atoms with Gasteiger partial charge in [0.25, 0.3) is 0 Å². The Hall–Kier alpha value is -1.06. The third-order valence-corrected chi connectivity index (χ3v) is 2.44. The van der Waals surface area contributed by atoms with E-state index in [1.165, 1.54) is 0 Å². The molecule has 15 heavy (non-hydrogen) atoms. The fourth-order valence-electron chi connectivity index (χ4n) is 1.69. The van der Waals surface area contributed by atoms with Gasteiger partial charge in [0.05, 0.1) is 13.2 Å². The topological polar surface area (TPSA) is 30.5 Å². The minimum Gasteiger partial charge on any atom is -0.494 e. The van der Waals surface area contributed by atoms with Crippen molar-refractivity contribution >= 4 is 0 Å². The molecule has 0 bridgehead atoms. The molecule has 1 saturated heterocycles. The van der Waals surface area contributed by atoms with Crippen molar-refractivity contribution in [2.75, 3.05) is 13.2 Å². The zero-order chi connectivity index (χ0) is 10.7. The molecule has 1 aliphatic heterocycles. The summed E-state index contributed by atoms with van der Waals surface area (Å²) in [7, 11) is 0. The lowest BCUT2D eigenvalue weighted by molar-refractivity contribution is 0.101. The number of rotatable bonds is 3. The van der Waals surface area contributed by atoms with Crippen LogP contribution in [0.1, 0.15) is 25.6 Å². The molecule has 2 atom stereocenters. The lowest BCUT2D eigenvalue weighted by atomic mass is 10.2. The third kappa shape index (κ3) is 2.49. The first-order chi connectivity index (χ1) is 7.29. The van der Waals surface area contributed by atoms with Gasteiger partial charge in [-0.1, -0.05) is 12.1 Å². The summed E-state index contributed by atoms with van der Waals surface area (Å²) in [5.74, 6) is 0.910. The van der Waals surface area contributed by atoms with Gasteiger partial charge >= 0.3 is 0 Å². The Labute approximate surface area is 90.4 Å². The quantitative estimate of drug-likeness (QED) is 0.823. The molecule has 3 nitrogen and oxygen atoms in total. The number of benzene rings is 1. The Kier molecular flexibility index (Phi) is 3.23. The van der Waals surface area contributed by atoms with E-state index in [9.17, 15) is 0 Å². The molecule has 0 aliphatic carbocycles. The minimum absolute atomic E-state index is 0.0377. The van der Waals surface area contributed by atoms with E-state index < -0.39 is 0 Å². The standard InChI is InChI=1S/C12H17NO2/c1-3-14-11-6-4-10(5-7-11)12-13-9(2)8-15-12/h4-7,9,12-13H,3,8H2,1-2H3. The summed E-state index contributed by atoms with van der Waals surface area (Å²) in [6.45, 7) is 5.58. The molecule has 1 aliphatic rings. The summed E-state index contributed by atoms with van der Waals surface area (Å²) < 4.78 is 11.0. The van der Waals surface area contributed by atoms with E-state index in [4.69, 9.17) is 9.47 Å². The second kappa shape index (κ2) is 4.64. The Morgan fingerprint density at radius 1 is 1.40 bits per heavy atom. The van der Waals surface area contributed by atoms with Gasteiger partial charge < -0.3 is 9.47 Å². The molecule has 1 fully saturated rings. The molecule has 3 heteroatoms. The van der Waals surface area contributed by atoms with Gasteiger partial charge in [-0.3, -0.25) is 5.32 Å². The third-order valence-electron chi connectivity index (χ3n) is 2.44. The molecule has 1 aromatic carbocycles. The van der Waals surface area contributed by atoms with E-state index in [1.54, 1.807) is 0 Å². The number of ether oxygens (including phenoxy) is 2. The van der Waals surface area contributed by atoms with Crippen molar-refractivity contribution in [3.8, 4) is 5.75 Å². The van der Waals surface area contributed by atoms with Gasteiger partial charge in [0.1, 0.15) is 12.0 Å².